The Hall–Kier alpha value is -1.30. The normalized spacial score (nSPS) is 32.4. The van der Waals surface area contributed by atoms with Gasteiger partial charge in [0, 0.05) is 12.6 Å². The van der Waals surface area contributed by atoms with Gasteiger partial charge in [-0.15, -0.1) is 0 Å². The van der Waals surface area contributed by atoms with Crippen LogP contribution >= 0.6 is 0 Å². The average molecular weight is 338 g/mol. The zero-order valence-corrected chi connectivity index (χ0v) is 14.4. The van der Waals surface area contributed by atoms with E-state index < -0.39 is 5.97 Å². The van der Waals surface area contributed by atoms with Crippen molar-refractivity contribution in [3.05, 3.63) is 0 Å². The maximum Gasteiger partial charge on any atom is 0.315 e. The molecule has 3 N–H and O–H groups in total. The third kappa shape index (κ3) is 4.41. The zero-order chi connectivity index (χ0) is 17.0. The number of carboxylic acids is 1. The van der Waals surface area contributed by atoms with E-state index in [1.165, 1.54) is 32.1 Å². The maximum absolute atomic E-state index is 12.1. The van der Waals surface area contributed by atoms with Gasteiger partial charge in [0.25, 0.3) is 0 Å². The summed E-state index contributed by atoms with van der Waals surface area (Å²) in [6.07, 6.45) is 11.3. The Morgan fingerprint density at radius 2 is 1.71 bits per heavy atom. The Bertz CT molecular complexity index is 454. The van der Waals surface area contributed by atoms with E-state index >= 15 is 0 Å². The summed E-state index contributed by atoms with van der Waals surface area (Å²) >= 11 is 0. The number of carbonyl (C=O) groups is 2. The van der Waals surface area contributed by atoms with Crippen molar-refractivity contribution in [2.45, 2.75) is 88.4 Å². The first-order chi connectivity index (χ1) is 11.6. The molecule has 0 radical (unpaired) electrons. The molecule has 6 nitrogen and oxygen atoms in total. The number of nitrogens with one attached hydrogen (secondary N) is 2. The summed E-state index contributed by atoms with van der Waals surface area (Å²) in [5, 5.41) is 14.9. The van der Waals surface area contributed by atoms with Gasteiger partial charge in [-0.1, -0.05) is 19.3 Å². The highest BCUT2D eigenvalue weighted by atomic mass is 16.5. The summed E-state index contributed by atoms with van der Waals surface area (Å²) in [4.78, 5) is 23.0. The number of hydrogen-bond donors (Lipinski definition) is 3. The van der Waals surface area contributed by atoms with Gasteiger partial charge < -0.3 is 20.5 Å². The first-order valence-corrected chi connectivity index (χ1v) is 9.51. The lowest BCUT2D eigenvalue weighted by molar-refractivity contribution is -0.142. The van der Waals surface area contributed by atoms with Crippen LogP contribution in [0.5, 0.6) is 0 Å². The van der Waals surface area contributed by atoms with Crippen LogP contribution in [0.3, 0.4) is 0 Å². The van der Waals surface area contributed by atoms with Crippen LogP contribution in [0.15, 0.2) is 0 Å². The lowest BCUT2D eigenvalue weighted by atomic mass is 9.83. The van der Waals surface area contributed by atoms with E-state index in [0.29, 0.717) is 19.4 Å². The lowest BCUT2D eigenvalue weighted by Crippen LogP contribution is -2.46. The van der Waals surface area contributed by atoms with Gasteiger partial charge in [0.1, 0.15) is 0 Å². The molecule has 1 saturated heterocycles. The zero-order valence-electron chi connectivity index (χ0n) is 14.4. The van der Waals surface area contributed by atoms with Crippen LogP contribution in [0, 0.1) is 5.92 Å². The van der Waals surface area contributed by atoms with Gasteiger partial charge in [-0.2, -0.15) is 0 Å². The van der Waals surface area contributed by atoms with Crippen molar-refractivity contribution >= 4 is 12.0 Å². The van der Waals surface area contributed by atoms with E-state index in [1.54, 1.807) is 0 Å². The fourth-order valence-corrected chi connectivity index (χ4v) is 4.53. The third-order valence-electron chi connectivity index (χ3n) is 6.01. The van der Waals surface area contributed by atoms with Crippen LogP contribution in [0.1, 0.15) is 70.6 Å². The highest BCUT2D eigenvalue weighted by Crippen LogP contribution is 2.41. The lowest BCUT2D eigenvalue weighted by Gasteiger charge is -2.33. The average Bonchev–Trinajstić information content (AvgIpc) is 2.97. The molecule has 1 unspecified atom stereocenters. The van der Waals surface area contributed by atoms with Crippen LogP contribution in [0.4, 0.5) is 4.79 Å². The molecule has 6 heteroatoms. The highest BCUT2D eigenvalue weighted by molar-refractivity contribution is 5.74. The number of carboxylic acid groups (broad SMARTS) is 1. The fraction of sp³-hybridized carbons (Fsp3) is 0.889. The quantitative estimate of drug-likeness (QED) is 0.735. The predicted octanol–water partition coefficient (Wildman–Crippen LogP) is 2.81. The molecule has 3 rings (SSSR count). The molecule has 2 aliphatic carbocycles. The van der Waals surface area contributed by atoms with Gasteiger partial charge in [0.2, 0.25) is 0 Å². The van der Waals surface area contributed by atoms with Crippen molar-refractivity contribution in [1.82, 2.24) is 10.6 Å². The predicted molar refractivity (Wildman–Crippen MR) is 89.8 cm³/mol. The molecular formula is C18H30N2O4. The largest absolute Gasteiger partial charge is 0.481 e. The number of amides is 2. The van der Waals surface area contributed by atoms with Crippen LogP contribution in [0.2, 0.25) is 0 Å². The molecule has 136 valence electrons. The van der Waals surface area contributed by atoms with E-state index in [4.69, 9.17) is 9.84 Å². The van der Waals surface area contributed by atoms with Crippen molar-refractivity contribution in [3.8, 4) is 0 Å². The second-order valence-electron chi connectivity index (χ2n) is 7.76. The summed E-state index contributed by atoms with van der Waals surface area (Å²) in [5.74, 6) is -0.961. The molecule has 1 aliphatic heterocycles. The Labute approximate surface area is 143 Å². The van der Waals surface area contributed by atoms with Crippen LogP contribution in [-0.4, -0.2) is 41.4 Å². The maximum atomic E-state index is 12.1. The van der Waals surface area contributed by atoms with E-state index in [9.17, 15) is 9.59 Å². The van der Waals surface area contributed by atoms with E-state index in [-0.39, 0.29) is 29.7 Å². The number of urea groups is 1. The highest BCUT2D eigenvalue weighted by Gasteiger charge is 2.40. The monoisotopic (exact) mass is 338 g/mol. The van der Waals surface area contributed by atoms with Gasteiger partial charge in [0.15, 0.2) is 0 Å². The second-order valence-corrected chi connectivity index (χ2v) is 7.76. The Morgan fingerprint density at radius 3 is 2.38 bits per heavy atom. The molecule has 1 spiro atoms. The van der Waals surface area contributed by atoms with Crippen molar-refractivity contribution in [3.63, 3.8) is 0 Å². The van der Waals surface area contributed by atoms with Gasteiger partial charge in [-0.05, 0) is 51.4 Å². The third-order valence-corrected chi connectivity index (χ3v) is 6.01. The molecule has 3 fully saturated rings. The van der Waals surface area contributed by atoms with Crippen molar-refractivity contribution < 1.29 is 19.4 Å². The van der Waals surface area contributed by atoms with Crippen LogP contribution in [0.25, 0.3) is 0 Å². The molecule has 2 saturated carbocycles. The number of ether oxygens (including phenoxy) is 1. The van der Waals surface area contributed by atoms with Crippen molar-refractivity contribution in [2.24, 2.45) is 5.92 Å². The summed E-state index contributed by atoms with van der Waals surface area (Å²) in [6, 6.07) is -0.0586. The second kappa shape index (κ2) is 7.72. The van der Waals surface area contributed by atoms with Crippen LogP contribution in [-0.2, 0) is 9.53 Å². The van der Waals surface area contributed by atoms with Crippen LogP contribution < -0.4 is 10.6 Å². The fourth-order valence-electron chi connectivity index (χ4n) is 4.53. The topological polar surface area (TPSA) is 87.7 Å². The summed E-state index contributed by atoms with van der Waals surface area (Å²) < 4.78 is 6.26. The molecular weight excluding hydrogens is 308 g/mol. The molecule has 0 aromatic carbocycles. The number of hydrogen-bond acceptors (Lipinski definition) is 3. The number of carbonyl (C=O) groups excluding carboxylic acids is 1. The standard InChI is InChI=1S/C18H30N2O4/c21-16(22)13-4-6-14(7-5-13)20-17(23)19-12-15-8-11-18(24-15)9-2-1-3-10-18/h13-15H,1-12H2,(H,21,22)(H2,19,20,23). The van der Waals surface area contributed by atoms with Crippen molar-refractivity contribution in [1.29, 1.82) is 0 Å². The summed E-state index contributed by atoms with van der Waals surface area (Å²) in [5.41, 5.74) is 0.0935. The Balaban J connectivity index is 1.34. The molecule has 0 aromatic heterocycles. The molecule has 3 aliphatic rings. The minimum Gasteiger partial charge on any atom is -0.481 e. The molecule has 0 bridgehead atoms. The van der Waals surface area contributed by atoms with Crippen molar-refractivity contribution in [2.75, 3.05) is 6.54 Å². The minimum atomic E-state index is -0.715. The first-order valence-electron chi connectivity index (χ1n) is 9.51. The number of aliphatic carboxylic acids is 1. The SMILES string of the molecule is O=C(NCC1CCC2(CCCCC2)O1)NC1CCC(C(=O)O)CC1. The van der Waals surface area contributed by atoms with Gasteiger partial charge in [0.05, 0.1) is 17.6 Å². The smallest absolute Gasteiger partial charge is 0.315 e. The molecule has 2 amide bonds. The van der Waals surface area contributed by atoms with Gasteiger partial charge in [-0.3, -0.25) is 4.79 Å². The van der Waals surface area contributed by atoms with Gasteiger partial charge >= 0.3 is 12.0 Å². The first kappa shape index (κ1) is 17.5. The van der Waals surface area contributed by atoms with Gasteiger partial charge in [-0.25, -0.2) is 4.79 Å². The van der Waals surface area contributed by atoms with E-state index in [0.717, 1.165) is 25.7 Å². The minimum absolute atomic E-state index is 0.0924. The van der Waals surface area contributed by atoms with E-state index in [1.807, 2.05) is 0 Å². The Kier molecular flexibility index (Phi) is 5.64. The summed E-state index contributed by atoms with van der Waals surface area (Å²) in [7, 11) is 0. The summed E-state index contributed by atoms with van der Waals surface area (Å²) in [6.45, 7) is 0.568. The molecule has 1 heterocycles. The van der Waals surface area contributed by atoms with E-state index in [2.05, 4.69) is 10.6 Å². The molecule has 1 atom stereocenters. The number of rotatable bonds is 4. The molecule has 0 aromatic rings. The molecule has 24 heavy (non-hydrogen) atoms. The Morgan fingerprint density at radius 1 is 1.00 bits per heavy atom.